The van der Waals surface area contributed by atoms with Crippen molar-refractivity contribution in [1.82, 2.24) is 20.4 Å². The monoisotopic (exact) mass is 358 g/mol. The minimum Gasteiger partial charge on any atom is -0.497 e. The number of nitrogens with one attached hydrogen (secondary N) is 1. The first-order chi connectivity index (χ1) is 12.7. The fourth-order valence-corrected chi connectivity index (χ4v) is 3.36. The lowest BCUT2D eigenvalue weighted by Gasteiger charge is -2.34. The lowest BCUT2D eigenvalue weighted by Crippen LogP contribution is -2.41. The average molecular weight is 358 g/mol. The number of likely N-dealkylation sites (tertiary alicyclic amines) is 1. The Balaban J connectivity index is 1.61. The van der Waals surface area contributed by atoms with Crippen LogP contribution in [0.2, 0.25) is 0 Å². The highest BCUT2D eigenvalue weighted by Gasteiger charge is 2.24. The molecule has 2 aromatic rings. The van der Waals surface area contributed by atoms with Gasteiger partial charge in [-0.3, -0.25) is 9.69 Å². The molecule has 0 saturated carbocycles. The van der Waals surface area contributed by atoms with Crippen LogP contribution in [0.25, 0.3) is 11.4 Å². The molecule has 1 aromatic heterocycles. The highest BCUT2D eigenvalue weighted by Crippen LogP contribution is 2.23. The van der Waals surface area contributed by atoms with Crippen molar-refractivity contribution in [3.8, 4) is 17.1 Å². The topological polar surface area (TPSA) is 80.5 Å². The molecule has 7 heteroatoms. The van der Waals surface area contributed by atoms with Crippen molar-refractivity contribution in [3.05, 3.63) is 30.2 Å². The molecule has 2 heterocycles. The molecule has 0 spiro atoms. The van der Waals surface area contributed by atoms with Gasteiger partial charge >= 0.3 is 0 Å². The van der Waals surface area contributed by atoms with E-state index in [1.165, 1.54) is 12.8 Å². The molecule has 3 rings (SSSR count). The van der Waals surface area contributed by atoms with Crippen LogP contribution in [0.1, 0.15) is 38.5 Å². The summed E-state index contributed by atoms with van der Waals surface area (Å²) in [4.78, 5) is 18.0. The van der Waals surface area contributed by atoms with Gasteiger partial charge < -0.3 is 14.6 Å². The van der Waals surface area contributed by atoms with Gasteiger partial charge in [-0.25, -0.2) is 0 Å². The van der Waals surface area contributed by atoms with Crippen LogP contribution in [0.3, 0.4) is 0 Å². The molecule has 26 heavy (non-hydrogen) atoms. The zero-order valence-electron chi connectivity index (χ0n) is 15.4. The number of amides is 1. The van der Waals surface area contributed by atoms with Gasteiger partial charge in [-0.1, -0.05) is 11.6 Å². The maximum absolute atomic E-state index is 11.1. The van der Waals surface area contributed by atoms with Crippen LogP contribution in [0.5, 0.6) is 5.75 Å². The van der Waals surface area contributed by atoms with Crippen LogP contribution in [-0.2, 0) is 11.3 Å². The van der Waals surface area contributed by atoms with Crippen molar-refractivity contribution in [3.63, 3.8) is 0 Å². The van der Waals surface area contributed by atoms with Crippen molar-refractivity contribution in [2.24, 2.45) is 0 Å². The molecule has 7 nitrogen and oxygen atoms in total. The van der Waals surface area contributed by atoms with E-state index >= 15 is 0 Å². The van der Waals surface area contributed by atoms with Crippen LogP contribution in [0.4, 0.5) is 0 Å². The number of rotatable bonds is 7. The van der Waals surface area contributed by atoms with E-state index < -0.39 is 0 Å². The fourth-order valence-electron chi connectivity index (χ4n) is 3.36. The number of carbonyl (C=O) groups is 1. The summed E-state index contributed by atoms with van der Waals surface area (Å²) in [5, 5.41) is 6.99. The van der Waals surface area contributed by atoms with Gasteiger partial charge in [0.25, 0.3) is 0 Å². The smallest absolute Gasteiger partial charge is 0.241 e. The summed E-state index contributed by atoms with van der Waals surface area (Å²) in [6.07, 6.45) is 4.48. The van der Waals surface area contributed by atoms with Crippen LogP contribution >= 0.6 is 0 Å². The van der Waals surface area contributed by atoms with Gasteiger partial charge in [0.05, 0.1) is 13.7 Å². The molecule has 1 fully saturated rings. The predicted octanol–water partition coefficient (Wildman–Crippen LogP) is 2.63. The maximum Gasteiger partial charge on any atom is 0.241 e. The van der Waals surface area contributed by atoms with Gasteiger partial charge in [0.2, 0.25) is 17.6 Å². The summed E-state index contributed by atoms with van der Waals surface area (Å²) in [5.41, 5.74) is 0.904. The highest BCUT2D eigenvalue weighted by atomic mass is 16.5. The summed E-state index contributed by atoms with van der Waals surface area (Å²) in [6.45, 7) is 3.92. The van der Waals surface area contributed by atoms with Gasteiger partial charge in [-0.15, -0.1) is 0 Å². The third-order valence-corrected chi connectivity index (χ3v) is 4.76. The summed E-state index contributed by atoms with van der Waals surface area (Å²) >= 11 is 0. The first-order valence-electron chi connectivity index (χ1n) is 9.11. The normalized spacial score (nSPS) is 17.8. The quantitative estimate of drug-likeness (QED) is 0.819. The molecule has 1 saturated heterocycles. The Bertz CT molecular complexity index is 714. The van der Waals surface area contributed by atoms with Crippen molar-refractivity contribution in [1.29, 1.82) is 0 Å². The number of benzene rings is 1. The second-order valence-corrected chi connectivity index (χ2v) is 6.63. The minimum absolute atomic E-state index is 0.0217. The maximum atomic E-state index is 11.1. The number of aromatic nitrogens is 2. The predicted molar refractivity (Wildman–Crippen MR) is 97.6 cm³/mol. The largest absolute Gasteiger partial charge is 0.497 e. The Morgan fingerprint density at radius 2 is 2.15 bits per heavy atom. The molecule has 1 amide bonds. The van der Waals surface area contributed by atoms with Crippen LogP contribution in [0.15, 0.2) is 28.8 Å². The summed E-state index contributed by atoms with van der Waals surface area (Å²) < 4.78 is 10.6. The van der Waals surface area contributed by atoms with Crippen LogP contribution in [-0.4, -0.2) is 47.2 Å². The summed E-state index contributed by atoms with van der Waals surface area (Å²) in [7, 11) is 1.64. The van der Waals surface area contributed by atoms with Gasteiger partial charge in [-0.2, -0.15) is 4.98 Å². The van der Waals surface area contributed by atoms with Gasteiger partial charge in [0, 0.05) is 25.1 Å². The van der Waals surface area contributed by atoms with E-state index in [0.717, 1.165) is 30.7 Å². The van der Waals surface area contributed by atoms with E-state index in [9.17, 15) is 4.79 Å². The molecule has 0 bridgehead atoms. The van der Waals surface area contributed by atoms with Crippen molar-refractivity contribution in [2.45, 2.75) is 45.2 Å². The van der Waals surface area contributed by atoms with Crippen molar-refractivity contribution >= 4 is 5.91 Å². The number of ether oxygens (including phenoxy) is 1. The number of methoxy groups -OCH3 is 1. The third-order valence-electron chi connectivity index (χ3n) is 4.76. The zero-order valence-corrected chi connectivity index (χ0v) is 15.4. The number of piperidine rings is 1. The molecule has 1 N–H and O–H groups in total. The molecule has 1 aliphatic rings. The molecule has 1 aliphatic heterocycles. The first kappa shape index (κ1) is 18.4. The molecular formula is C19H26N4O3. The number of carbonyl (C=O) groups excluding carboxylic acids is 1. The summed E-state index contributed by atoms with van der Waals surface area (Å²) in [6, 6.07) is 8.05. The molecule has 140 valence electrons. The fraction of sp³-hybridized carbons (Fsp3) is 0.526. The van der Waals surface area contributed by atoms with E-state index in [-0.39, 0.29) is 5.91 Å². The van der Waals surface area contributed by atoms with Gasteiger partial charge in [0.1, 0.15) is 5.75 Å². The first-order valence-corrected chi connectivity index (χ1v) is 9.11. The number of nitrogens with zero attached hydrogens (tertiary/aromatic N) is 3. The molecule has 0 aliphatic carbocycles. The lowest BCUT2D eigenvalue weighted by molar-refractivity contribution is -0.119. The molecule has 0 radical (unpaired) electrons. The Labute approximate surface area is 153 Å². The molecule has 0 unspecified atom stereocenters. The van der Waals surface area contributed by atoms with E-state index in [2.05, 4.69) is 20.4 Å². The molecule has 1 atom stereocenters. The Hall–Kier alpha value is -2.41. The SMILES string of the molecule is COc1ccc(-c2noc(CN3CCCC[C@H]3CCNC(C)=O)n2)cc1. The minimum atomic E-state index is 0.0217. The van der Waals surface area contributed by atoms with E-state index in [4.69, 9.17) is 9.26 Å². The third kappa shape index (κ3) is 4.82. The second-order valence-electron chi connectivity index (χ2n) is 6.63. The summed E-state index contributed by atoms with van der Waals surface area (Å²) in [5.74, 6) is 2.04. The lowest BCUT2D eigenvalue weighted by atomic mass is 9.99. The second kappa shape index (κ2) is 8.80. The highest BCUT2D eigenvalue weighted by molar-refractivity contribution is 5.72. The van der Waals surface area contributed by atoms with Crippen LogP contribution < -0.4 is 10.1 Å². The van der Waals surface area contributed by atoms with Crippen molar-refractivity contribution in [2.75, 3.05) is 20.2 Å². The Morgan fingerprint density at radius 3 is 2.88 bits per heavy atom. The molecular weight excluding hydrogens is 332 g/mol. The van der Waals surface area contributed by atoms with E-state index in [1.54, 1.807) is 14.0 Å². The van der Waals surface area contributed by atoms with Crippen LogP contribution in [0, 0.1) is 0 Å². The number of hydrogen-bond donors (Lipinski definition) is 1. The average Bonchev–Trinajstić information content (AvgIpc) is 3.11. The van der Waals surface area contributed by atoms with E-state index in [0.29, 0.717) is 30.8 Å². The van der Waals surface area contributed by atoms with Crippen molar-refractivity contribution < 1.29 is 14.1 Å². The van der Waals surface area contributed by atoms with E-state index in [1.807, 2.05) is 24.3 Å². The Kier molecular flexibility index (Phi) is 6.22. The zero-order chi connectivity index (χ0) is 18.4. The standard InChI is InChI=1S/C19H26N4O3/c1-14(24)20-11-10-16-5-3-4-12-23(16)13-18-21-19(22-26-18)15-6-8-17(25-2)9-7-15/h6-9,16H,3-5,10-13H2,1-2H3,(H,20,24)/t16-/m0/s1. The Morgan fingerprint density at radius 1 is 1.35 bits per heavy atom. The van der Waals surface area contributed by atoms with Gasteiger partial charge in [-0.05, 0) is 50.1 Å². The molecule has 1 aromatic carbocycles. The number of hydrogen-bond acceptors (Lipinski definition) is 6. The van der Waals surface area contributed by atoms with Gasteiger partial charge in [0.15, 0.2) is 0 Å².